The lowest BCUT2D eigenvalue weighted by atomic mass is 10.1. The van der Waals surface area contributed by atoms with Gasteiger partial charge in [-0.25, -0.2) is 8.42 Å². The molecular weight excluding hydrogens is 372 g/mol. The van der Waals surface area contributed by atoms with Crippen molar-refractivity contribution in [2.24, 2.45) is 0 Å². The molecule has 0 bridgehead atoms. The highest BCUT2D eigenvalue weighted by Crippen LogP contribution is 2.32. The van der Waals surface area contributed by atoms with E-state index in [2.05, 4.69) is 13.0 Å². The van der Waals surface area contributed by atoms with Crippen LogP contribution in [0.2, 0.25) is 0 Å². The molecule has 1 amide bonds. The Morgan fingerprint density at radius 3 is 2.39 bits per heavy atom. The average molecular weight is 399 g/mol. The minimum Gasteiger partial charge on any atom is -0.309 e. The first-order valence-corrected chi connectivity index (χ1v) is 11.4. The van der Waals surface area contributed by atoms with Crippen molar-refractivity contribution in [3.8, 4) is 0 Å². The van der Waals surface area contributed by atoms with Crippen molar-refractivity contribution >= 4 is 21.6 Å². The lowest BCUT2D eigenvalue weighted by Gasteiger charge is -2.26. The third kappa shape index (κ3) is 3.59. The summed E-state index contributed by atoms with van der Waals surface area (Å²) in [5.74, 6) is 0.0455. The van der Waals surface area contributed by atoms with E-state index in [9.17, 15) is 13.2 Å². The molecule has 6 heteroatoms. The molecule has 148 valence electrons. The number of para-hydroxylation sites is 1. The Morgan fingerprint density at radius 1 is 1.00 bits per heavy atom. The molecule has 1 atom stereocenters. The minimum atomic E-state index is -3.43. The van der Waals surface area contributed by atoms with E-state index in [1.165, 1.54) is 5.56 Å². The lowest BCUT2D eigenvalue weighted by Crippen LogP contribution is -2.37. The third-order valence-corrected chi connectivity index (χ3v) is 7.62. The number of carbonyl (C=O) groups excluding carboxylic acids is 1. The predicted octanol–water partition coefficient (Wildman–Crippen LogP) is 3.38. The van der Waals surface area contributed by atoms with Gasteiger partial charge < -0.3 is 4.90 Å². The molecular formula is C22H26N2O3S. The molecule has 2 aromatic rings. The maximum absolute atomic E-state index is 12.9. The van der Waals surface area contributed by atoms with Gasteiger partial charge in [-0.05, 0) is 55.5 Å². The normalized spacial score (nSPS) is 20.2. The third-order valence-electron chi connectivity index (χ3n) is 5.71. The number of rotatable bonds is 4. The van der Waals surface area contributed by atoms with Crippen LogP contribution in [-0.4, -0.2) is 37.8 Å². The second kappa shape index (κ2) is 7.68. The van der Waals surface area contributed by atoms with Crippen LogP contribution in [0.1, 0.15) is 37.3 Å². The second-order valence-corrected chi connectivity index (χ2v) is 9.67. The first-order valence-electron chi connectivity index (χ1n) is 9.96. The summed E-state index contributed by atoms with van der Waals surface area (Å²) in [4.78, 5) is 15.1. The highest BCUT2D eigenvalue weighted by Gasteiger charge is 2.30. The summed E-state index contributed by atoms with van der Waals surface area (Å²) < 4.78 is 27.1. The van der Waals surface area contributed by atoms with Crippen molar-refractivity contribution in [2.75, 3.05) is 18.0 Å². The number of fused-ring (bicyclic) bond motifs is 1. The maximum Gasteiger partial charge on any atom is 0.243 e. The summed E-state index contributed by atoms with van der Waals surface area (Å²) in [5.41, 5.74) is 3.02. The van der Waals surface area contributed by atoms with E-state index in [1.807, 2.05) is 23.1 Å². The predicted molar refractivity (Wildman–Crippen MR) is 110 cm³/mol. The Bertz CT molecular complexity index is 964. The molecule has 5 nitrogen and oxygen atoms in total. The molecule has 1 unspecified atom stereocenters. The van der Waals surface area contributed by atoms with Crippen LogP contribution in [0.4, 0.5) is 5.69 Å². The topological polar surface area (TPSA) is 57.7 Å². The Balaban J connectivity index is 1.48. The number of piperidine rings is 1. The van der Waals surface area contributed by atoms with Gasteiger partial charge in [-0.3, -0.25) is 4.79 Å². The minimum absolute atomic E-state index is 0.0455. The van der Waals surface area contributed by atoms with Gasteiger partial charge in [0, 0.05) is 24.8 Å². The molecule has 1 fully saturated rings. The van der Waals surface area contributed by atoms with Crippen LogP contribution in [0.15, 0.2) is 53.4 Å². The number of amides is 1. The zero-order valence-electron chi connectivity index (χ0n) is 16.2. The zero-order valence-corrected chi connectivity index (χ0v) is 17.0. The molecule has 2 aliphatic rings. The van der Waals surface area contributed by atoms with E-state index in [-0.39, 0.29) is 18.4 Å². The molecule has 0 radical (unpaired) electrons. The van der Waals surface area contributed by atoms with Crippen molar-refractivity contribution in [2.45, 2.75) is 50.0 Å². The molecule has 2 aliphatic heterocycles. The van der Waals surface area contributed by atoms with Crippen molar-refractivity contribution < 1.29 is 13.2 Å². The highest BCUT2D eigenvalue weighted by atomic mass is 32.2. The van der Waals surface area contributed by atoms with Gasteiger partial charge in [0.15, 0.2) is 0 Å². The van der Waals surface area contributed by atoms with Crippen LogP contribution in [0.5, 0.6) is 0 Å². The van der Waals surface area contributed by atoms with E-state index in [1.54, 1.807) is 28.6 Å². The first-order chi connectivity index (χ1) is 13.5. The Labute approximate surface area is 167 Å². The monoisotopic (exact) mass is 398 g/mol. The molecule has 0 saturated carbocycles. The van der Waals surface area contributed by atoms with Gasteiger partial charge >= 0.3 is 0 Å². The number of benzene rings is 2. The summed E-state index contributed by atoms with van der Waals surface area (Å²) in [5, 5.41) is 0. The lowest BCUT2D eigenvalue weighted by molar-refractivity contribution is -0.118. The van der Waals surface area contributed by atoms with Gasteiger partial charge in [-0.2, -0.15) is 4.31 Å². The van der Waals surface area contributed by atoms with Gasteiger partial charge in [-0.15, -0.1) is 0 Å². The number of sulfonamides is 1. The van der Waals surface area contributed by atoms with Crippen LogP contribution in [0, 0.1) is 0 Å². The maximum atomic E-state index is 12.9. The van der Waals surface area contributed by atoms with E-state index in [0.29, 0.717) is 18.0 Å². The van der Waals surface area contributed by atoms with Gasteiger partial charge in [-0.1, -0.05) is 36.8 Å². The Morgan fingerprint density at radius 2 is 1.68 bits per heavy atom. The van der Waals surface area contributed by atoms with Crippen molar-refractivity contribution in [1.29, 1.82) is 0 Å². The SMILES string of the molecule is CC1Cc2ccccc2N1C(=O)Cc1ccc(S(=O)(=O)N2CCCCC2)cc1. The molecule has 2 aromatic carbocycles. The smallest absolute Gasteiger partial charge is 0.243 e. The molecule has 0 spiro atoms. The number of nitrogens with zero attached hydrogens (tertiary/aromatic N) is 2. The summed E-state index contributed by atoms with van der Waals surface area (Å²) in [6.45, 7) is 3.25. The van der Waals surface area contributed by atoms with Crippen molar-refractivity contribution in [3.63, 3.8) is 0 Å². The van der Waals surface area contributed by atoms with Crippen molar-refractivity contribution in [3.05, 3.63) is 59.7 Å². The summed E-state index contributed by atoms with van der Waals surface area (Å²) >= 11 is 0. The number of anilines is 1. The fraction of sp³-hybridized carbons (Fsp3) is 0.409. The average Bonchev–Trinajstić information content (AvgIpc) is 3.05. The van der Waals surface area contributed by atoms with Crippen LogP contribution >= 0.6 is 0 Å². The zero-order chi connectivity index (χ0) is 19.7. The summed E-state index contributed by atoms with van der Waals surface area (Å²) in [6.07, 6.45) is 4.06. The van der Waals surface area contributed by atoms with Gasteiger partial charge in [0.05, 0.1) is 11.3 Å². The number of hydrogen-bond donors (Lipinski definition) is 0. The molecule has 2 heterocycles. The van der Waals surface area contributed by atoms with E-state index >= 15 is 0 Å². The molecule has 4 rings (SSSR count). The van der Waals surface area contributed by atoms with Crippen LogP contribution in [0.25, 0.3) is 0 Å². The molecule has 28 heavy (non-hydrogen) atoms. The van der Waals surface area contributed by atoms with Crippen LogP contribution in [0.3, 0.4) is 0 Å². The van der Waals surface area contributed by atoms with Gasteiger partial charge in [0.2, 0.25) is 15.9 Å². The van der Waals surface area contributed by atoms with Gasteiger partial charge in [0.25, 0.3) is 0 Å². The second-order valence-electron chi connectivity index (χ2n) is 7.73. The Hall–Kier alpha value is -2.18. The summed E-state index contributed by atoms with van der Waals surface area (Å²) in [6, 6.07) is 15.0. The molecule has 0 aromatic heterocycles. The fourth-order valence-electron chi connectivity index (χ4n) is 4.24. The van der Waals surface area contributed by atoms with Crippen LogP contribution in [-0.2, 0) is 27.7 Å². The number of carbonyl (C=O) groups is 1. The fourth-order valence-corrected chi connectivity index (χ4v) is 5.76. The standard InChI is InChI=1S/C22H26N2O3S/c1-17-15-19-7-3-4-8-21(19)24(17)22(25)16-18-9-11-20(12-10-18)28(26,27)23-13-5-2-6-14-23/h3-4,7-12,17H,2,5-6,13-16H2,1H3. The van der Waals surface area contributed by atoms with E-state index in [0.717, 1.165) is 36.9 Å². The van der Waals surface area contributed by atoms with E-state index in [4.69, 9.17) is 0 Å². The Kier molecular flexibility index (Phi) is 5.25. The molecule has 0 N–H and O–H groups in total. The van der Waals surface area contributed by atoms with Gasteiger partial charge in [0.1, 0.15) is 0 Å². The van der Waals surface area contributed by atoms with Crippen LogP contribution < -0.4 is 4.90 Å². The van der Waals surface area contributed by atoms with E-state index < -0.39 is 10.0 Å². The largest absolute Gasteiger partial charge is 0.309 e. The summed E-state index contributed by atoms with van der Waals surface area (Å²) in [7, 11) is -3.43. The highest BCUT2D eigenvalue weighted by molar-refractivity contribution is 7.89. The first kappa shape index (κ1) is 19.2. The molecule has 0 aliphatic carbocycles. The molecule has 1 saturated heterocycles. The number of hydrogen-bond acceptors (Lipinski definition) is 3. The van der Waals surface area contributed by atoms with Crippen molar-refractivity contribution in [1.82, 2.24) is 4.31 Å². The quantitative estimate of drug-likeness (QED) is 0.793.